The quantitative estimate of drug-likeness (QED) is 0.619. The molecule has 1 aromatic heterocycles. The van der Waals surface area contributed by atoms with Crippen LogP contribution in [-0.2, 0) is 6.54 Å². The zero-order chi connectivity index (χ0) is 9.80. The molecular formula is C12H13BrN2. The fourth-order valence-electron chi connectivity index (χ4n) is 1.44. The van der Waals surface area contributed by atoms with Gasteiger partial charge in [0.25, 0.3) is 0 Å². The van der Waals surface area contributed by atoms with Crippen molar-refractivity contribution in [2.24, 2.45) is 0 Å². The van der Waals surface area contributed by atoms with E-state index in [1.54, 1.807) is 12.4 Å². The predicted molar refractivity (Wildman–Crippen MR) is 54.7 cm³/mol. The minimum Gasteiger partial charge on any atom is -1.00 e. The van der Waals surface area contributed by atoms with Gasteiger partial charge in [-0.25, -0.2) is 0 Å². The number of hydrogen-bond donors (Lipinski definition) is 0. The van der Waals surface area contributed by atoms with Crippen molar-refractivity contribution in [1.29, 1.82) is 0 Å². The molecule has 15 heavy (non-hydrogen) atoms. The van der Waals surface area contributed by atoms with E-state index in [4.69, 9.17) is 0 Å². The van der Waals surface area contributed by atoms with Gasteiger partial charge in [-0.3, -0.25) is 4.98 Å². The molecule has 0 aliphatic rings. The first kappa shape index (κ1) is 11.9. The molecule has 0 bridgehead atoms. The van der Waals surface area contributed by atoms with Gasteiger partial charge in [0, 0.05) is 5.56 Å². The van der Waals surface area contributed by atoms with Crippen LogP contribution in [0, 0.1) is 6.92 Å². The van der Waals surface area contributed by atoms with E-state index in [0.29, 0.717) is 0 Å². The summed E-state index contributed by atoms with van der Waals surface area (Å²) < 4.78 is 2.12. The highest BCUT2D eigenvalue weighted by Gasteiger charge is 2.02. The first-order valence-electron chi connectivity index (χ1n) is 4.70. The Balaban J connectivity index is 0.00000112. The minimum atomic E-state index is 0. The zero-order valence-electron chi connectivity index (χ0n) is 8.60. The van der Waals surface area contributed by atoms with Gasteiger partial charge in [0.2, 0.25) is 0 Å². The number of benzene rings is 1. The van der Waals surface area contributed by atoms with Crippen molar-refractivity contribution in [2.75, 3.05) is 0 Å². The van der Waals surface area contributed by atoms with Crippen LogP contribution in [0.4, 0.5) is 0 Å². The molecule has 0 saturated carbocycles. The summed E-state index contributed by atoms with van der Waals surface area (Å²) in [5.41, 5.74) is 2.68. The third kappa shape index (κ3) is 3.13. The van der Waals surface area contributed by atoms with Gasteiger partial charge < -0.3 is 17.0 Å². The van der Waals surface area contributed by atoms with Crippen LogP contribution in [0.5, 0.6) is 0 Å². The predicted octanol–water partition coefficient (Wildman–Crippen LogP) is -1.27. The van der Waals surface area contributed by atoms with Gasteiger partial charge in [-0.2, -0.15) is 4.57 Å². The SMILES string of the molecule is Cc1ccccc1C[n+]1ccncc1.[Br-]. The molecule has 0 N–H and O–H groups in total. The van der Waals surface area contributed by atoms with E-state index >= 15 is 0 Å². The van der Waals surface area contributed by atoms with Gasteiger partial charge in [0.1, 0.15) is 0 Å². The van der Waals surface area contributed by atoms with Crippen molar-refractivity contribution in [3.05, 3.63) is 60.2 Å². The van der Waals surface area contributed by atoms with Crippen LogP contribution in [-0.4, -0.2) is 4.98 Å². The maximum atomic E-state index is 3.99. The Labute approximate surface area is 100 Å². The summed E-state index contributed by atoms with van der Waals surface area (Å²) in [7, 11) is 0. The Morgan fingerprint density at radius 3 is 2.47 bits per heavy atom. The van der Waals surface area contributed by atoms with Gasteiger partial charge in [-0.15, -0.1) is 0 Å². The summed E-state index contributed by atoms with van der Waals surface area (Å²) in [5, 5.41) is 0. The normalized spacial score (nSPS) is 9.40. The molecule has 78 valence electrons. The van der Waals surface area contributed by atoms with Crippen molar-refractivity contribution in [3.63, 3.8) is 0 Å². The molecule has 0 unspecified atom stereocenters. The maximum Gasteiger partial charge on any atom is 0.187 e. The lowest BCUT2D eigenvalue weighted by Gasteiger charge is -2.00. The molecule has 0 aliphatic heterocycles. The number of hydrogen-bond acceptors (Lipinski definition) is 1. The second-order valence-corrected chi connectivity index (χ2v) is 3.34. The summed E-state index contributed by atoms with van der Waals surface area (Å²) in [6, 6.07) is 8.43. The lowest BCUT2D eigenvalue weighted by molar-refractivity contribution is -0.688. The molecule has 0 saturated heterocycles. The molecule has 1 heterocycles. The molecule has 2 nitrogen and oxygen atoms in total. The number of rotatable bonds is 2. The second kappa shape index (κ2) is 5.61. The molecule has 0 aliphatic carbocycles. The number of halogens is 1. The number of nitrogens with zero attached hydrogens (tertiary/aromatic N) is 2. The minimum absolute atomic E-state index is 0. The first-order valence-corrected chi connectivity index (χ1v) is 4.70. The summed E-state index contributed by atoms with van der Waals surface area (Å²) >= 11 is 0. The summed E-state index contributed by atoms with van der Waals surface area (Å²) in [6.07, 6.45) is 7.56. The molecule has 2 aromatic rings. The van der Waals surface area contributed by atoms with E-state index in [1.807, 2.05) is 12.4 Å². The van der Waals surface area contributed by atoms with Gasteiger partial charge in [0.15, 0.2) is 18.9 Å². The number of aromatic nitrogens is 2. The van der Waals surface area contributed by atoms with Crippen LogP contribution in [0.1, 0.15) is 11.1 Å². The van der Waals surface area contributed by atoms with Crippen molar-refractivity contribution in [2.45, 2.75) is 13.5 Å². The Morgan fingerprint density at radius 1 is 1.13 bits per heavy atom. The molecule has 0 spiro atoms. The van der Waals surface area contributed by atoms with Gasteiger partial charge in [0.05, 0.1) is 12.4 Å². The molecule has 0 radical (unpaired) electrons. The lowest BCUT2D eigenvalue weighted by Crippen LogP contribution is -3.00. The van der Waals surface area contributed by atoms with E-state index in [-0.39, 0.29) is 17.0 Å². The Kier molecular flexibility index (Phi) is 4.43. The highest BCUT2D eigenvalue weighted by molar-refractivity contribution is 5.24. The molecular weight excluding hydrogens is 252 g/mol. The fraction of sp³-hybridized carbons (Fsp3) is 0.167. The molecule has 1 aromatic carbocycles. The topological polar surface area (TPSA) is 16.8 Å². The van der Waals surface area contributed by atoms with Crippen LogP contribution in [0.3, 0.4) is 0 Å². The van der Waals surface area contributed by atoms with E-state index in [9.17, 15) is 0 Å². The number of aryl methyl sites for hydroxylation is 1. The van der Waals surface area contributed by atoms with Crippen LogP contribution in [0.25, 0.3) is 0 Å². The van der Waals surface area contributed by atoms with E-state index in [1.165, 1.54) is 11.1 Å². The van der Waals surface area contributed by atoms with Crippen LogP contribution >= 0.6 is 0 Å². The Hall–Kier alpha value is -1.22. The van der Waals surface area contributed by atoms with Gasteiger partial charge in [-0.1, -0.05) is 24.3 Å². The Bertz CT molecular complexity index is 415. The first-order chi connectivity index (χ1) is 6.86. The average molecular weight is 265 g/mol. The van der Waals surface area contributed by atoms with Gasteiger partial charge >= 0.3 is 0 Å². The molecule has 2 rings (SSSR count). The largest absolute Gasteiger partial charge is 1.00 e. The van der Waals surface area contributed by atoms with Gasteiger partial charge in [-0.05, 0) is 12.5 Å². The summed E-state index contributed by atoms with van der Waals surface area (Å²) in [5.74, 6) is 0. The molecule has 0 amide bonds. The Morgan fingerprint density at radius 2 is 1.80 bits per heavy atom. The third-order valence-corrected chi connectivity index (χ3v) is 2.30. The summed E-state index contributed by atoms with van der Waals surface area (Å²) in [6.45, 7) is 3.05. The lowest BCUT2D eigenvalue weighted by atomic mass is 10.1. The highest BCUT2D eigenvalue weighted by atomic mass is 79.9. The monoisotopic (exact) mass is 264 g/mol. The van der Waals surface area contributed by atoms with E-state index < -0.39 is 0 Å². The smallest absolute Gasteiger partial charge is 0.187 e. The van der Waals surface area contributed by atoms with Crippen molar-refractivity contribution in [1.82, 2.24) is 4.98 Å². The highest BCUT2D eigenvalue weighted by Crippen LogP contribution is 2.05. The van der Waals surface area contributed by atoms with Crippen LogP contribution in [0.2, 0.25) is 0 Å². The standard InChI is InChI=1S/C12H13N2.BrH/c1-11-4-2-3-5-12(11)10-14-8-6-13-7-9-14;/h2-9H,10H2,1H3;1H/q+1;/p-1. The second-order valence-electron chi connectivity index (χ2n) is 3.34. The van der Waals surface area contributed by atoms with Crippen molar-refractivity contribution >= 4 is 0 Å². The van der Waals surface area contributed by atoms with Crippen LogP contribution < -0.4 is 21.5 Å². The fourth-order valence-corrected chi connectivity index (χ4v) is 1.44. The third-order valence-electron chi connectivity index (χ3n) is 2.30. The average Bonchev–Trinajstić information content (AvgIpc) is 2.23. The van der Waals surface area contributed by atoms with Crippen molar-refractivity contribution in [3.8, 4) is 0 Å². The zero-order valence-corrected chi connectivity index (χ0v) is 10.2. The molecule has 0 fully saturated rings. The van der Waals surface area contributed by atoms with E-state index in [2.05, 4.69) is 40.7 Å². The van der Waals surface area contributed by atoms with Crippen LogP contribution in [0.15, 0.2) is 49.1 Å². The summed E-state index contributed by atoms with van der Waals surface area (Å²) in [4.78, 5) is 3.99. The molecule has 0 atom stereocenters. The van der Waals surface area contributed by atoms with E-state index in [0.717, 1.165) is 6.54 Å². The van der Waals surface area contributed by atoms with Crippen molar-refractivity contribution < 1.29 is 21.5 Å². The molecule has 3 heteroatoms. The maximum absolute atomic E-state index is 3.99.